The van der Waals surface area contributed by atoms with Gasteiger partial charge >= 0.3 is 0 Å². The summed E-state index contributed by atoms with van der Waals surface area (Å²) in [6, 6.07) is 14.1. The van der Waals surface area contributed by atoms with E-state index < -0.39 is 0 Å². The van der Waals surface area contributed by atoms with Gasteiger partial charge in [-0.15, -0.1) is 0 Å². The molecule has 1 nitrogen and oxygen atoms in total. The van der Waals surface area contributed by atoms with Gasteiger partial charge in [0.25, 0.3) is 0 Å². The summed E-state index contributed by atoms with van der Waals surface area (Å²) < 4.78 is 12.9. The molecule has 19 heavy (non-hydrogen) atoms. The van der Waals surface area contributed by atoms with Gasteiger partial charge in [0.05, 0.1) is 5.69 Å². The van der Waals surface area contributed by atoms with Crippen molar-refractivity contribution in [3.8, 4) is 11.3 Å². The standard InChI is InChI=1S/C16H11ClFN/c1-10-15-7-4-13(17)8-12(15)9-16(19-10)11-2-5-14(18)6-3-11/h2-9H,1H3. The van der Waals surface area contributed by atoms with Crippen LogP contribution in [0, 0.1) is 12.7 Å². The molecular weight excluding hydrogens is 261 g/mol. The summed E-state index contributed by atoms with van der Waals surface area (Å²) in [7, 11) is 0. The number of fused-ring (bicyclic) bond motifs is 1. The maximum atomic E-state index is 12.9. The number of hydrogen-bond donors (Lipinski definition) is 0. The normalized spacial score (nSPS) is 10.9. The fraction of sp³-hybridized carbons (Fsp3) is 0.0625. The van der Waals surface area contributed by atoms with Crippen LogP contribution in [0.4, 0.5) is 4.39 Å². The van der Waals surface area contributed by atoms with Crippen molar-refractivity contribution >= 4 is 22.4 Å². The first-order valence-electron chi connectivity index (χ1n) is 5.96. The summed E-state index contributed by atoms with van der Waals surface area (Å²) in [4.78, 5) is 4.57. The predicted molar refractivity (Wildman–Crippen MR) is 76.9 cm³/mol. The van der Waals surface area contributed by atoms with Crippen molar-refractivity contribution in [2.45, 2.75) is 6.92 Å². The predicted octanol–water partition coefficient (Wildman–Crippen LogP) is 5.00. The molecule has 1 heterocycles. The van der Waals surface area contributed by atoms with Gasteiger partial charge in [0.15, 0.2) is 0 Å². The van der Waals surface area contributed by atoms with E-state index >= 15 is 0 Å². The Hall–Kier alpha value is -1.93. The average molecular weight is 272 g/mol. The first kappa shape index (κ1) is 12.1. The highest BCUT2D eigenvalue weighted by Crippen LogP contribution is 2.26. The molecule has 2 aromatic carbocycles. The van der Waals surface area contributed by atoms with Gasteiger partial charge < -0.3 is 0 Å². The number of aryl methyl sites for hydroxylation is 1. The molecule has 0 atom stereocenters. The van der Waals surface area contributed by atoms with Crippen molar-refractivity contribution in [3.63, 3.8) is 0 Å². The van der Waals surface area contributed by atoms with E-state index in [1.807, 2.05) is 31.2 Å². The third kappa shape index (κ3) is 2.32. The van der Waals surface area contributed by atoms with Crippen LogP contribution in [0.15, 0.2) is 48.5 Å². The van der Waals surface area contributed by atoms with Gasteiger partial charge in [-0.25, -0.2) is 4.39 Å². The lowest BCUT2D eigenvalue weighted by Crippen LogP contribution is -1.89. The minimum absolute atomic E-state index is 0.246. The molecule has 0 aliphatic rings. The van der Waals surface area contributed by atoms with Gasteiger partial charge in [-0.05, 0) is 54.8 Å². The Morgan fingerprint density at radius 2 is 1.74 bits per heavy atom. The van der Waals surface area contributed by atoms with E-state index in [4.69, 9.17) is 11.6 Å². The molecular formula is C16H11ClFN. The molecule has 0 saturated heterocycles. The molecule has 0 unspecified atom stereocenters. The molecule has 3 heteroatoms. The van der Waals surface area contributed by atoms with Gasteiger partial charge in [0, 0.05) is 21.7 Å². The third-order valence-electron chi connectivity index (χ3n) is 3.12. The van der Waals surface area contributed by atoms with Crippen LogP contribution in [-0.2, 0) is 0 Å². The number of rotatable bonds is 1. The Bertz CT molecular complexity index is 751. The zero-order chi connectivity index (χ0) is 13.4. The molecule has 3 rings (SSSR count). The molecule has 0 aliphatic heterocycles. The molecule has 0 amide bonds. The lowest BCUT2D eigenvalue weighted by atomic mass is 10.1. The topological polar surface area (TPSA) is 12.9 Å². The van der Waals surface area contributed by atoms with Gasteiger partial charge in [-0.3, -0.25) is 4.98 Å². The largest absolute Gasteiger partial charge is 0.252 e. The van der Waals surface area contributed by atoms with Crippen LogP contribution < -0.4 is 0 Å². The second-order valence-electron chi connectivity index (χ2n) is 4.47. The zero-order valence-corrected chi connectivity index (χ0v) is 11.1. The molecule has 0 saturated carbocycles. The molecule has 1 aromatic heterocycles. The lowest BCUT2D eigenvalue weighted by Gasteiger charge is -2.07. The molecule has 0 bridgehead atoms. The number of halogens is 2. The zero-order valence-electron chi connectivity index (χ0n) is 10.3. The Balaban J connectivity index is 2.22. The van der Waals surface area contributed by atoms with Gasteiger partial charge in [0.2, 0.25) is 0 Å². The fourth-order valence-electron chi connectivity index (χ4n) is 2.17. The minimum atomic E-state index is -0.246. The number of benzene rings is 2. The van der Waals surface area contributed by atoms with Crippen molar-refractivity contribution in [2.24, 2.45) is 0 Å². The quantitative estimate of drug-likeness (QED) is 0.607. The highest BCUT2D eigenvalue weighted by Gasteiger charge is 2.05. The lowest BCUT2D eigenvalue weighted by molar-refractivity contribution is 0.628. The van der Waals surface area contributed by atoms with E-state index in [0.29, 0.717) is 5.02 Å². The molecule has 3 aromatic rings. The Labute approximate surface area is 115 Å². The van der Waals surface area contributed by atoms with E-state index in [1.165, 1.54) is 12.1 Å². The van der Waals surface area contributed by atoms with E-state index in [1.54, 1.807) is 12.1 Å². The van der Waals surface area contributed by atoms with Gasteiger partial charge in [0.1, 0.15) is 5.82 Å². The first-order valence-corrected chi connectivity index (χ1v) is 6.34. The van der Waals surface area contributed by atoms with Crippen molar-refractivity contribution in [3.05, 3.63) is 65.1 Å². The van der Waals surface area contributed by atoms with Crippen LogP contribution >= 0.6 is 11.6 Å². The Morgan fingerprint density at radius 1 is 1.00 bits per heavy atom. The first-order chi connectivity index (χ1) is 9.13. The highest BCUT2D eigenvalue weighted by molar-refractivity contribution is 6.31. The van der Waals surface area contributed by atoms with Gasteiger partial charge in [-0.2, -0.15) is 0 Å². The Kier molecular flexibility index (Phi) is 2.96. The summed E-state index contributed by atoms with van der Waals surface area (Å²) in [5, 5.41) is 2.82. The SMILES string of the molecule is Cc1nc(-c2ccc(F)cc2)cc2cc(Cl)ccc12. The third-order valence-corrected chi connectivity index (χ3v) is 3.36. The van der Waals surface area contributed by atoms with Crippen LogP contribution in [0.25, 0.3) is 22.0 Å². The minimum Gasteiger partial charge on any atom is -0.252 e. The van der Waals surface area contributed by atoms with Crippen molar-refractivity contribution in [1.29, 1.82) is 0 Å². The van der Waals surface area contributed by atoms with Crippen LogP contribution in [0.5, 0.6) is 0 Å². The van der Waals surface area contributed by atoms with Gasteiger partial charge in [-0.1, -0.05) is 17.7 Å². The van der Waals surface area contributed by atoms with E-state index in [-0.39, 0.29) is 5.82 Å². The Morgan fingerprint density at radius 3 is 2.47 bits per heavy atom. The molecule has 0 radical (unpaired) electrons. The van der Waals surface area contributed by atoms with Crippen molar-refractivity contribution < 1.29 is 4.39 Å². The number of hydrogen-bond acceptors (Lipinski definition) is 1. The van der Waals surface area contributed by atoms with Crippen molar-refractivity contribution in [2.75, 3.05) is 0 Å². The maximum Gasteiger partial charge on any atom is 0.123 e. The molecule has 0 N–H and O–H groups in total. The van der Waals surface area contributed by atoms with Crippen molar-refractivity contribution in [1.82, 2.24) is 4.98 Å². The van der Waals surface area contributed by atoms with E-state index in [2.05, 4.69) is 4.98 Å². The maximum absolute atomic E-state index is 12.9. The summed E-state index contributed by atoms with van der Waals surface area (Å²) in [6.07, 6.45) is 0. The van der Waals surface area contributed by atoms with E-state index in [0.717, 1.165) is 27.7 Å². The molecule has 0 spiro atoms. The number of nitrogens with zero attached hydrogens (tertiary/aromatic N) is 1. The number of aromatic nitrogens is 1. The summed E-state index contributed by atoms with van der Waals surface area (Å²) >= 11 is 6.02. The van der Waals surface area contributed by atoms with E-state index in [9.17, 15) is 4.39 Å². The van der Waals surface area contributed by atoms with Crippen LogP contribution in [0.2, 0.25) is 5.02 Å². The molecule has 0 aliphatic carbocycles. The second-order valence-corrected chi connectivity index (χ2v) is 4.90. The second kappa shape index (κ2) is 4.63. The summed E-state index contributed by atoms with van der Waals surface area (Å²) in [5.41, 5.74) is 2.66. The molecule has 0 fully saturated rings. The number of pyridine rings is 1. The summed E-state index contributed by atoms with van der Waals surface area (Å²) in [6.45, 7) is 1.96. The average Bonchev–Trinajstić information content (AvgIpc) is 2.38. The molecule has 94 valence electrons. The fourth-order valence-corrected chi connectivity index (χ4v) is 2.35. The van der Waals surface area contributed by atoms with Crippen LogP contribution in [-0.4, -0.2) is 4.98 Å². The van der Waals surface area contributed by atoms with Crippen LogP contribution in [0.1, 0.15) is 5.69 Å². The smallest absolute Gasteiger partial charge is 0.123 e. The van der Waals surface area contributed by atoms with Crippen LogP contribution in [0.3, 0.4) is 0 Å². The monoisotopic (exact) mass is 271 g/mol. The summed E-state index contributed by atoms with van der Waals surface area (Å²) in [5.74, 6) is -0.246. The highest BCUT2D eigenvalue weighted by atomic mass is 35.5.